The van der Waals surface area contributed by atoms with E-state index in [0.29, 0.717) is 127 Å². The van der Waals surface area contributed by atoms with Gasteiger partial charge >= 0.3 is 7.82 Å². The highest BCUT2D eigenvalue weighted by atomic mass is 35.5. The molecule has 3 atom stereocenters. The van der Waals surface area contributed by atoms with E-state index >= 15 is 0 Å². The van der Waals surface area contributed by atoms with Gasteiger partial charge in [0.05, 0.1) is 43.9 Å². The number of nitrogens with one attached hydrogen (secondary N) is 6. The summed E-state index contributed by atoms with van der Waals surface area (Å²) in [5.74, 6) is 0.383. The number of Topliss-reactive ketones (excluding diaryl/α,β-unsaturated/α-hetero) is 3. The van der Waals surface area contributed by atoms with E-state index in [1.165, 1.54) is 57.9 Å². The number of carbonyl (C=O) groups excluding carboxylic acids is 3. The first-order valence-electron chi connectivity index (χ1n) is 34.2. The number of aromatic nitrogens is 3. The van der Waals surface area contributed by atoms with Crippen molar-refractivity contribution in [2.45, 2.75) is 52.7 Å². The second-order valence-corrected chi connectivity index (χ2v) is 27.0. The zero-order valence-corrected chi connectivity index (χ0v) is 62.3. The fourth-order valence-electron chi connectivity index (χ4n) is 11.8. The third-order valence-electron chi connectivity index (χ3n) is 17.0. The molecule has 0 saturated heterocycles. The highest BCUT2D eigenvalue weighted by Crippen LogP contribution is 2.40. The van der Waals surface area contributed by atoms with E-state index in [1.807, 2.05) is 39.8 Å². The number of methoxy groups -OCH3 is 3. The van der Waals surface area contributed by atoms with Crippen LogP contribution in [0.5, 0.6) is 34.5 Å². The largest absolute Gasteiger partial charge is 0.497 e. The van der Waals surface area contributed by atoms with Gasteiger partial charge in [-0.2, -0.15) is 0 Å². The summed E-state index contributed by atoms with van der Waals surface area (Å²) in [6, 6.07) is 37.5. The number of phosphoric ester groups is 1. The van der Waals surface area contributed by atoms with Crippen LogP contribution in [0.1, 0.15) is 96.4 Å². The molecule has 0 spiro atoms. The Morgan fingerprint density at radius 2 is 0.804 bits per heavy atom. The van der Waals surface area contributed by atoms with Gasteiger partial charge in [0.1, 0.15) is 84.0 Å². The number of hydrogen-bond acceptors (Lipinski definition) is 16. The van der Waals surface area contributed by atoms with E-state index in [-0.39, 0.29) is 51.0 Å². The van der Waals surface area contributed by atoms with Gasteiger partial charge in [0.25, 0.3) is 0 Å². The Morgan fingerprint density at radius 3 is 1.21 bits per heavy atom. The van der Waals surface area contributed by atoms with Crippen LogP contribution >= 0.6 is 42.6 Å². The van der Waals surface area contributed by atoms with E-state index in [1.54, 1.807) is 135 Å². The molecule has 9 aromatic carbocycles. The number of aromatic amines is 3. The molecule has 3 heterocycles. The third kappa shape index (κ3) is 20.2. The topological polar surface area (TPSA) is 297 Å². The van der Waals surface area contributed by atoms with E-state index in [0.717, 1.165) is 27.6 Å². The molecule has 0 radical (unpaired) electrons. The molecule has 21 nitrogen and oxygen atoms in total. The molecule has 12 rings (SSSR count). The van der Waals surface area contributed by atoms with Gasteiger partial charge in [-0.3, -0.25) is 18.9 Å². The number of carbonyl (C=O) groups is 3. The Kier molecular flexibility index (Phi) is 25.5. The summed E-state index contributed by atoms with van der Waals surface area (Å²) in [4.78, 5) is 68.8. The molecule has 10 N–H and O–H groups in total. The van der Waals surface area contributed by atoms with Gasteiger partial charge in [0.15, 0.2) is 17.3 Å². The van der Waals surface area contributed by atoms with E-state index in [9.17, 15) is 30.5 Å². The molecule has 0 bridgehead atoms. The van der Waals surface area contributed by atoms with Crippen LogP contribution in [0.4, 0.5) is 25.8 Å². The lowest BCUT2D eigenvalue weighted by atomic mass is 9.93. The summed E-state index contributed by atoms with van der Waals surface area (Å²) >= 11 is 18.5. The number of halogens is 5. The summed E-state index contributed by atoms with van der Waals surface area (Å²) in [6.45, 7) is 8.82. The SMILES string of the molecule is COc1cc(NC(C(=O)c2c[nH]c3cc(F)ccc23)c2ccc(Cl)cc2C)cc(OCCOP(=O)(O)O)c1.[2H]C(Nc1cc(OC)cc(OCCO)c1)(C(=O)c1c[nH]c2cc(C)c(C)cc12)c1ccc(Cl)cc1C.[2H]C(Nc1cc(OC)cc(OCCO)c1)(C(=O)c1c[nH]c2cc(F)ccc12)c1ccc(Cl)cc1C. The van der Waals surface area contributed by atoms with Crippen LogP contribution in [0.3, 0.4) is 0 Å². The predicted octanol–water partition coefficient (Wildman–Crippen LogP) is 17.6. The molecule has 0 fully saturated rings. The zero-order valence-electron chi connectivity index (χ0n) is 61.2. The van der Waals surface area contributed by atoms with Gasteiger partial charge in [-0.25, -0.2) is 13.3 Å². The van der Waals surface area contributed by atoms with Gasteiger partial charge in [0.2, 0.25) is 0 Å². The van der Waals surface area contributed by atoms with Crippen molar-refractivity contribution in [3.8, 4) is 34.5 Å². The number of fused-ring (bicyclic) bond motifs is 3. The second kappa shape index (κ2) is 35.8. The lowest BCUT2D eigenvalue weighted by Crippen LogP contribution is -2.22. The third-order valence-corrected chi connectivity index (χ3v) is 18.3. The van der Waals surface area contributed by atoms with Crippen molar-refractivity contribution in [1.82, 2.24) is 15.0 Å². The average Bonchev–Trinajstić information content (AvgIpc) is 1.75. The maximum absolute atomic E-state index is 14.2. The summed E-state index contributed by atoms with van der Waals surface area (Å²) in [6.07, 6.45) is 4.68. The molecule has 558 valence electrons. The Balaban J connectivity index is 0.000000174. The molecule has 3 unspecified atom stereocenters. The molecule has 12 aromatic rings. The average molecular weight is 1540 g/mol. The van der Waals surface area contributed by atoms with Crippen LogP contribution < -0.4 is 44.4 Å². The van der Waals surface area contributed by atoms with Crippen molar-refractivity contribution in [3.63, 3.8) is 0 Å². The number of ether oxygens (including phenoxy) is 6. The van der Waals surface area contributed by atoms with Crippen LogP contribution in [0.2, 0.25) is 15.1 Å². The number of anilines is 3. The van der Waals surface area contributed by atoms with Crippen LogP contribution in [-0.2, 0) is 9.09 Å². The summed E-state index contributed by atoms with van der Waals surface area (Å²) in [5, 5.41) is 31.1. The number of aliphatic hydroxyl groups is 2. The Morgan fingerprint density at radius 1 is 0.439 bits per heavy atom. The molecular formula is C80H78Cl3F2N6O15P. The van der Waals surface area contributed by atoms with Gasteiger partial charge in [0, 0.05) is 155 Å². The minimum Gasteiger partial charge on any atom is -0.497 e. The Bertz CT molecular complexity index is 5390. The first kappa shape index (κ1) is 76.2. The molecule has 3 aromatic heterocycles. The summed E-state index contributed by atoms with van der Waals surface area (Å²) in [5.41, 5.74) is 9.93. The fourth-order valence-corrected chi connectivity index (χ4v) is 12.8. The predicted molar refractivity (Wildman–Crippen MR) is 413 cm³/mol. The second-order valence-electron chi connectivity index (χ2n) is 24.5. The molecular weight excluding hydrogens is 1460 g/mol. The Hall–Kier alpha value is -10.4. The summed E-state index contributed by atoms with van der Waals surface area (Å²) in [7, 11) is -0.137. The number of rotatable bonds is 29. The summed E-state index contributed by atoms with van der Waals surface area (Å²) < 4.78 is 94.5. The molecule has 27 heteroatoms. The lowest BCUT2D eigenvalue weighted by molar-refractivity contribution is 0.0963. The van der Waals surface area contributed by atoms with Crippen molar-refractivity contribution in [2.24, 2.45) is 0 Å². The van der Waals surface area contributed by atoms with Crippen molar-refractivity contribution in [2.75, 3.05) is 76.9 Å². The van der Waals surface area contributed by atoms with Gasteiger partial charge in [-0.05, 0) is 164 Å². The van der Waals surface area contributed by atoms with Crippen molar-refractivity contribution < 1.29 is 83.4 Å². The maximum Gasteiger partial charge on any atom is 0.469 e. The van der Waals surface area contributed by atoms with E-state index in [2.05, 4.69) is 35.4 Å². The number of aliphatic hydroxyl groups excluding tert-OH is 2. The van der Waals surface area contributed by atoms with Crippen molar-refractivity contribution >= 4 is 110 Å². The van der Waals surface area contributed by atoms with Gasteiger partial charge in [-0.15, -0.1) is 0 Å². The number of hydrogen-bond donors (Lipinski definition) is 10. The minimum atomic E-state index is -4.62. The van der Waals surface area contributed by atoms with E-state index < -0.39 is 49.1 Å². The van der Waals surface area contributed by atoms with E-state index in [4.69, 9.17) is 83.2 Å². The zero-order chi connectivity index (χ0) is 78.6. The highest BCUT2D eigenvalue weighted by Gasteiger charge is 2.31. The molecule has 0 saturated carbocycles. The van der Waals surface area contributed by atoms with Crippen LogP contribution in [0.15, 0.2) is 176 Å². The number of ketones is 3. The molecule has 0 amide bonds. The van der Waals surface area contributed by atoms with Crippen LogP contribution in [-0.4, -0.2) is 113 Å². The minimum absolute atomic E-state index is 0.0692. The molecule has 0 aliphatic rings. The molecule has 107 heavy (non-hydrogen) atoms. The number of H-pyrrole nitrogens is 3. The highest BCUT2D eigenvalue weighted by molar-refractivity contribution is 7.46. The quantitative estimate of drug-likeness (QED) is 0.0118. The number of aryl methyl sites for hydroxylation is 5. The van der Waals surface area contributed by atoms with Crippen LogP contribution in [0.25, 0.3) is 32.7 Å². The lowest BCUT2D eigenvalue weighted by Gasteiger charge is -2.22. The van der Waals surface area contributed by atoms with Crippen LogP contribution in [0, 0.1) is 46.3 Å². The standard InChI is InChI=1S/C28H29ClN2O4.C26H25ClFN2O7P.C26H24ClFN2O4/c1-16-10-24-25(15-30-26(24)11-17(16)2)28(33)27(23-6-5-19(29)9-18(23)3)31-20-12-21(34-4)14-22(13-20)35-8-7-32;1-15-9-16(27)3-5-21(15)25(26(31)23-14-29-24-10-17(28)4-6-22(23)24)30-18-11-19(35-2)13-20(12-18)36-7-8-37-38(32,33)34;1-15-9-16(27)3-5-21(15)25(26(32)23-14-29-24-10-17(28)4-6-22(23)24)30-18-11-19(33-2)13-20(12-18)34-8-7-31/h5-6,9-15,27,30-32H,7-8H2,1-4H3;3-6,9-14,25,29-30H,7-8H2,1-2H3,(H2,32,33,34);3-6,9-14,25,29-31H,7-8H2,1-2H3/i27D;;25D. The molecule has 0 aliphatic carbocycles. The Labute approximate surface area is 633 Å². The maximum atomic E-state index is 14.2. The first-order chi connectivity index (χ1) is 51.9. The van der Waals surface area contributed by atoms with Crippen molar-refractivity contribution in [3.05, 3.63) is 264 Å². The monoisotopic (exact) mass is 1540 g/mol. The fraction of sp³-hybridized carbons (Fsp3) is 0.212. The first-order valence-corrected chi connectivity index (χ1v) is 35.9. The van der Waals surface area contributed by atoms with Gasteiger partial charge < -0.3 is 79.3 Å². The van der Waals surface area contributed by atoms with Crippen molar-refractivity contribution in [1.29, 1.82) is 0 Å². The normalized spacial score (nSPS) is 12.9. The number of phosphoric acid groups is 1. The number of benzene rings is 9. The van der Waals surface area contributed by atoms with Gasteiger partial charge in [-0.1, -0.05) is 53.0 Å². The smallest absolute Gasteiger partial charge is 0.469 e. The molecule has 0 aliphatic heterocycles.